The molecule has 4 heteroatoms. The molecular formula is C9H13ClO2S. The van der Waals surface area contributed by atoms with Gasteiger partial charge in [-0.15, -0.1) is 0 Å². The van der Waals surface area contributed by atoms with Crippen molar-refractivity contribution in [3.63, 3.8) is 0 Å². The summed E-state index contributed by atoms with van der Waals surface area (Å²) in [5.74, 6) is -0.161. The van der Waals surface area contributed by atoms with Crippen molar-refractivity contribution in [3.8, 4) is 0 Å². The molecule has 0 saturated heterocycles. The zero-order valence-electron chi connectivity index (χ0n) is 7.75. The summed E-state index contributed by atoms with van der Waals surface area (Å²) in [6.45, 7) is 7.27. The summed E-state index contributed by atoms with van der Waals surface area (Å²) in [6.07, 6.45) is 5.16. The van der Waals surface area contributed by atoms with Gasteiger partial charge in [-0.2, -0.15) is 0 Å². The van der Waals surface area contributed by atoms with E-state index in [0.29, 0.717) is 5.57 Å². The second-order valence-electron chi connectivity index (χ2n) is 2.75. The van der Waals surface area contributed by atoms with Gasteiger partial charge in [0.05, 0.1) is 5.75 Å². The lowest BCUT2D eigenvalue weighted by Gasteiger charge is -1.98. The van der Waals surface area contributed by atoms with E-state index in [-0.39, 0.29) is 5.75 Å². The number of allylic oxidation sites excluding steroid dienone is 4. The smallest absolute Gasteiger partial charge is 0.212 e. The van der Waals surface area contributed by atoms with Gasteiger partial charge in [0, 0.05) is 10.7 Å². The van der Waals surface area contributed by atoms with Crippen LogP contribution in [-0.4, -0.2) is 14.2 Å². The van der Waals surface area contributed by atoms with Gasteiger partial charge in [0.2, 0.25) is 9.05 Å². The fourth-order valence-electron chi connectivity index (χ4n) is 0.868. The largest absolute Gasteiger partial charge is 0.236 e. The third kappa shape index (κ3) is 7.81. The highest BCUT2D eigenvalue weighted by atomic mass is 35.7. The Kier molecular flexibility index (Phi) is 5.03. The lowest BCUT2D eigenvalue weighted by molar-refractivity contribution is 0.611. The normalized spacial score (nSPS) is 13.6. The van der Waals surface area contributed by atoms with Crippen molar-refractivity contribution < 1.29 is 8.42 Å². The molecule has 0 amide bonds. The first-order chi connectivity index (χ1) is 5.85. The van der Waals surface area contributed by atoms with Gasteiger partial charge in [-0.05, 0) is 19.4 Å². The van der Waals surface area contributed by atoms with Gasteiger partial charge in [0.15, 0.2) is 0 Å². The fraction of sp³-hybridized carbons (Fsp3) is 0.333. The SMILES string of the molecule is C=C(C)/C=C(\C=C/C)CS(=O)(=O)Cl. The number of halogens is 1. The molecule has 2 nitrogen and oxygen atoms in total. The Bertz CT molecular complexity index is 337. The van der Waals surface area contributed by atoms with Crippen LogP contribution in [0.4, 0.5) is 0 Å². The van der Waals surface area contributed by atoms with E-state index < -0.39 is 9.05 Å². The Hall–Kier alpha value is -0.540. The molecule has 0 aliphatic heterocycles. The van der Waals surface area contributed by atoms with E-state index in [1.807, 2.05) is 6.92 Å². The number of hydrogen-bond donors (Lipinski definition) is 0. The molecule has 0 spiro atoms. The molecule has 0 atom stereocenters. The predicted molar refractivity (Wildman–Crippen MR) is 57.4 cm³/mol. The molecule has 0 aliphatic carbocycles. The van der Waals surface area contributed by atoms with Crippen molar-refractivity contribution in [1.29, 1.82) is 0 Å². The standard InChI is InChI=1S/C9H13ClO2S/c1-4-5-9(6-8(2)3)7-13(10,11)12/h4-6H,2,7H2,1,3H3/b5-4-,9-6+. The van der Waals surface area contributed by atoms with E-state index in [4.69, 9.17) is 10.7 Å². The quantitative estimate of drug-likeness (QED) is 0.539. The minimum absolute atomic E-state index is 0.161. The van der Waals surface area contributed by atoms with Crippen molar-refractivity contribution in [1.82, 2.24) is 0 Å². The Balaban J connectivity index is 4.74. The van der Waals surface area contributed by atoms with E-state index in [2.05, 4.69) is 6.58 Å². The minimum Gasteiger partial charge on any atom is -0.212 e. The highest BCUT2D eigenvalue weighted by molar-refractivity contribution is 8.13. The Morgan fingerprint density at radius 1 is 1.54 bits per heavy atom. The molecule has 74 valence electrons. The Labute approximate surface area is 84.0 Å². The van der Waals surface area contributed by atoms with Crippen LogP contribution in [0.3, 0.4) is 0 Å². The zero-order chi connectivity index (χ0) is 10.5. The highest BCUT2D eigenvalue weighted by Gasteiger charge is 2.06. The first kappa shape index (κ1) is 12.5. The summed E-state index contributed by atoms with van der Waals surface area (Å²) in [4.78, 5) is 0. The second-order valence-corrected chi connectivity index (χ2v) is 5.53. The molecule has 0 unspecified atom stereocenters. The van der Waals surface area contributed by atoms with Crippen LogP contribution in [0.15, 0.2) is 36.0 Å². The van der Waals surface area contributed by atoms with Crippen LogP contribution >= 0.6 is 10.7 Å². The van der Waals surface area contributed by atoms with E-state index in [9.17, 15) is 8.42 Å². The van der Waals surface area contributed by atoms with Crippen LogP contribution in [0.5, 0.6) is 0 Å². The topological polar surface area (TPSA) is 34.1 Å². The fourth-order valence-corrected chi connectivity index (χ4v) is 1.82. The zero-order valence-corrected chi connectivity index (χ0v) is 9.32. The van der Waals surface area contributed by atoms with Crippen molar-refractivity contribution in [3.05, 3.63) is 36.0 Å². The van der Waals surface area contributed by atoms with Crippen molar-refractivity contribution >= 4 is 19.7 Å². The van der Waals surface area contributed by atoms with Gasteiger partial charge in [-0.1, -0.05) is 30.4 Å². The number of hydrogen-bond acceptors (Lipinski definition) is 2. The highest BCUT2D eigenvalue weighted by Crippen LogP contribution is 2.09. The molecule has 0 aromatic heterocycles. The summed E-state index contributed by atoms with van der Waals surface area (Å²) >= 11 is 0. The first-order valence-electron chi connectivity index (χ1n) is 3.76. The molecule has 0 N–H and O–H groups in total. The lowest BCUT2D eigenvalue weighted by Crippen LogP contribution is -1.99. The van der Waals surface area contributed by atoms with Crippen molar-refractivity contribution in [2.45, 2.75) is 13.8 Å². The van der Waals surface area contributed by atoms with Gasteiger partial charge in [-0.3, -0.25) is 0 Å². The maximum atomic E-state index is 10.8. The number of rotatable bonds is 4. The predicted octanol–water partition coefficient (Wildman–Crippen LogP) is 2.63. The van der Waals surface area contributed by atoms with E-state index in [1.165, 1.54) is 0 Å². The molecule has 0 rings (SSSR count). The van der Waals surface area contributed by atoms with Gasteiger partial charge in [0.25, 0.3) is 0 Å². The summed E-state index contributed by atoms with van der Waals surface area (Å²) in [5.41, 5.74) is 1.44. The molecule has 13 heavy (non-hydrogen) atoms. The molecule has 0 radical (unpaired) electrons. The average Bonchev–Trinajstić information content (AvgIpc) is 1.81. The van der Waals surface area contributed by atoms with Crippen LogP contribution in [0, 0.1) is 0 Å². The summed E-state index contributed by atoms with van der Waals surface area (Å²) < 4.78 is 21.5. The summed E-state index contributed by atoms with van der Waals surface area (Å²) in [5, 5.41) is 0. The van der Waals surface area contributed by atoms with Crippen LogP contribution in [0.25, 0.3) is 0 Å². The van der Waals surface area contributed by atoms with Gasteiger partial charge >= 0.3 is 0 Å². The van der Waals surface area contributed by atoms with Gasteiger partial charge < -0.3 is 0 Å². The van der Waals surface area contributed by atoms with Crippen LogP contribution in [0.2, 0.25) is 0 Å². The molecule has 0 aromatic carbocycles. The van der Waals surface area contributed by atoms with E-state index >= 15 is 0 Å². The minimum atomic E-state index is -3.48. The van der Waals surface area contributed by atoms with Crippen LogP contribution in [0.1, 0.15) is 13.8 Å². The third-order valence-corrected chi connectivity index (χ3v) is 2.16. The average molecular weight is 221 g/mol. The molecule has 0 fully saturated rings. The molecule has 0 bridgehead atoms. The lowest BCUT2D eigenvalue weighted by atomic mass is 10.2. The van der Waals surface area contributed by atoms with Crippen molar-refractivity contribution in [2.75, 3.05) is 5.75 Å². The second kappa shape index (κ2) is 5.25. The monoisotopic (exact) mass is 220 g/mol. The summed E-state index contributed by atoms with van der Waals surface area (Å²) in [7, 11) is 1.64. The van der Waals surface area contributed by atoms with Crippen molar-refractivity contribution in [2.24, 2.45) is 0 Å². The Morgan fingerprint density at radius 2 is 2.08 bits per heavy atom. The van der Waals surface area contributed by atoms with Crippen LogP contribution in [-0.2, 0) is 9.05 Å². The first-order valence-corrected chi connectivity index (χ1v) is 6.24. The summed E-state index contributed by atoms with van der Waals surface area (Å²) in [6, 6.07) is 0. The third-order valence-electron chi connectivity index (χ3n) is 1.15. The maximum Gasteiger partial charge on any atom is 0.236 e. The molecule has 0 saturated carbocycles. The molecular weight excluding hydrogens is 208 g/mol. The maximum absolute atomic E-state index is 10.8. The molecule has 0 aromatic rings. The van der Waals surface area contributed by atoms with Crippen LogP contribution < -0.4 is 0 Å². The van der Waals surface area contributed by atoms with Gasteiger partial charge in [0.1, 0.15) is 0 Å². The molecule has 0 heterocycles. The Morgan fingerprint density at radius 3 is 2.38 bits per heavy atom. The molecule has 0 aliphatic rings. The van der Waals surface area contributed by atoms with Gasteiger partial charge in [-0.25, -0.2) is 8.42 Å². The van der Waals surface area contributed by atoms with E-state index in [1.54, 1.807) is 25.2 Å². The van der Waals surface area contributed by atoms with E-state index in [0.717, 1.165) is 5.57 Å².